The smallest absolute Gasteiger partial charge is 0.461 e. The van der Waals surface area contributed by atoms with Crippen molar-refractivity contribution in [3.63, 3.8) is 0 Å². The molecule has 0 aliphatic heterocycles. The Labute approximate surface area is 93.8 Å². The SMILES string of the molecule is C#CCOC(=O)OC(C)C(=O)OCCOC. The summed E-state index contributed by atoms with van der Waals surface area (Å²) in [7, 11) is 1.48. The molecule has 6 nitrogen and oxygen atoms in total. The van der Waals surface area contributed by atoms with Crippen LogP contribution in [-0.4, -0.2) is 45.2 Å². The van der Waals surface area contributed by atoms with Crippen LogP contribution in [0, 0.1) is 12.3 Å². The maximum atomic E-state index is 11.2. The summed E-state index contributed by atoms with van der Waals surface area (Å²) in [5, 5.41) is 0. The van der Waals surface area contributed by atoms with Gasteiger partial charge in [-0.15, -0.1) is 6.42 Å². The lowest BCUT2D eigenvalue weighted by atomic mass is 10.4. The van der Waals surface area contributed by atoms with E-state index in [-0.39, 0.29) is 19.8 Å². The number of rotatable bonds is 6. The van der Waals surface area contributed by atoms with E-state index in [0.29, 0.717) is 0 Å². The van der Waals surface area contributed by atoms with Crippen molar-refractivity contribution in [1.82, 2.24) is 0 Å². The molecule has 1 unspecified atom stereocenters. The van der Waals surface area contributed by atoms with Gasteiger partial charge in [0.1, 0.15) is 6.61 Å². The number of carbonyl (C=O) groups is 2. The number of terminal acetylenes is 1. The minimum Gasteiger partial charge on any atom is -0.461 e. The maximum Gasteiger partial charge on any atom is 0.510 e. The molecule has 0 aliphatic carbocycles. The molecule has 0 radical (unpaired) electrons. The zero-order valence-electron chi connectivity index (χ0n) is 9.23. The second-order valence-corrected chi connectivity index (χ2v) is 2.66. The van der Waals surface area contributed by atoms with Crippen LogP contribution >= 0.6 is 0 Å². The monoisotopic (exact) mass is 230 g/mol. The zero-order valence-corrected chi connectivity index (χ0v) is 9.23. The van der Waals surface area contributed by atoms with Gasteiger partial charge in [0, 0.05) is 7.11 Å². The van der Waals surface area contributed by atoms with Gasteiger partial charge in [0.15, 0.2) is 12.7 Å². The predicted octanol–water partition coefficient (Wildman–Crippen LogP) is 0.351. The van der Waals surface area contributed by atoms with E-state index in [4.69, 9.17) is 11.2 Å². The number of ether oxygens (including phenoxy) is 4. The highest BCUT2D eigenvalue weighted by Crippen LogP contribution is 1.97. The fourth-order valence-corrected chi connectivity index (χ4v) is 0.670. The summed E-state index contributed by atoms with van der Waals surface area (Å²) in [6.45, 7) is 1.54. The summed E-state index contributed by atoms with van der Waals surface area (Å²) < 4.78 is 18.4. The van der Waals surface area contributed by atoms with E-state index in [2.05, 4.69) is 20.1 Å². The fourth-order valence-electron chi connectivity index (χ4n) is 0.670. The molecule has 0 spiro atoms. The van der Waals surface area contributed by atoms with Gasteiger partial charge in [-0.3, -0.25) is 0 Å². The van der Waals surface area contributed by atoms with Crippen LogP contribution in [0.5, 0.6) is 0 Å². The minimum atomic E-state index is -1.04. The third kappa shape index (κ3) is 6.68. The molecule has 0 N–H and O–H groups in total. The van der Waals surface area contributed by atoms with Gasteiger partial charge in [0.05, 0.1) is 6.61 Å². The summed E-state index contributed by atoms with van der Waals surface area (Å²) in [6.07, 6.45) is 2.82. The van der Waals surface area contributed by atoms with Crippen LogP contribution in [0.1, 0.15) is 6.92 Å². The van der Waals surface area contributed by atoms with Crippen LogP contribution in [0.4, 0.5) is 4.79 Å². The Morgan fingerprint density at radius 2 is 2.00 bits per heavy atom. The number of methoxy groups -OCH3 is 1. The van der Waals surface area contributed by atoms with Crippen molar-refractivity contribution >= 4 is 12.1 Å². The Bertz CT molecular complexity index is 267. The van der Waals surface area contributed by atoms with Gasteiger partial charge in [0.25, 0.3) is 0 Å². The first kappa shape index (κ1) is 14.3. The van der Waals surface area contributed by atoms with E-state index in [9.17, 15) is 9.59 Å². The van der Waals surface area contributed by atoms with E-state index >= 15 is 0 Å². The number of esters is 1. The Morgan fingerprint density at radius 3 is 2.56 bits per heavy atom. The molecular weight excluding hydrogens is 216 g/mol. The van der Waals surface area contributed by atoms with E-state index < -0.39 is 18.2 Å². The van der Waals surface area contributed by atoms with Gasteiger partial charge < -0.3 is 18.9 Å². The molecule has 90 valence electrons. The molecule has 6 heteroatoms. The lowest BCUT2D eigenvalue weighted by Gasteiger charge is -2.11. The van der Waals surface area contributed by atoms with Crippen molar-refractivity contribution in [1.29, 1.82) is 0 Å². The second-order valence-electron chi connectivity index (χ2n) is 2.66. The van der Waals surface area contributed by atoms with Crippen molar-refractivity contribution in [2.75, 3.05) is 26.9 Å². The van der Waals surface area contributed by atoms with Crippen molar-refractivity contribution in [3.05, 3.63) is 0 Å². The molecular formula is C10H14O6. The van der Waals surface area contributed by atoms with Crippen molar-refractivity contribution in [2.45, 2.75) is 13.0 Å². The van der Waals surface area contributed by atoms with Gasteiger partial charge in [0.2, 0.25) is 0 Å². The van der Waals surface area contributed by atoms with E-state index in [1.54, 1.807) is 0 Å². The third-order valence-electron chi connectivity index (χ3n) is 1.41. The maximum absolute atomic E-state index is 11.2. The molecule has 0 aromatic heterocycles. The number of carbonyl (C=O) groups excluding carboxylic acids is 2. The topological polar surface area (TPSA) is 71.1 Å². The normalized spacial score (nSPS) is 11.1. The Morgan fingerprint density at radius 1 is 1.31 bits per heavy atom. The van der Waals surface area contributed by atoms with Crippen LogP contribution in [0.15, 0.2) is 0 Å². The highest BCUT2D eigenvalue weighted by molar-refractivity contribution is 5.77. The van der Waals surface area contributed by atoms with E-state index in [1.165, 1.54) is 14.0 Å². The Balaban J connectivity index is 3.78. The standard InChI is InChI=1S/C10H14O6/c1-4-5-15-10(12)16-8(2)9(11)14-7-6-13-3/h1,8H,5-7H2,2-3H3. The van der Waals surface area contributed by atoms with Crippen LogP contribution in [0.3, 0.4) is 0 Å². The quantitative estimate of drug-likeness (QED) is 0.372. The molecule has 0 heterocycles. The van der Waals surface area contributed by atoms with Gasteiger partial charge in [-0.1, -0.05) is 5.92 Å². The predicted molar refractivity (Wildman–Crippen MR) is 53.6 cm³/mol. The molecule has 0 aromatic rings. The number of hydrogen-bond acceptors (Lipinski definition) is 6. The van der Waals surface area contributed by atoms with Gasteiger partial charge in [-0.25, -0.2) is 9.59 Å². The van der Waals surface area contributed by atoms with E-state index in [1.807, 2.05) is 0 Å². The fraction of sp³-hybridized carbons (Fsp3) is 0.600. The molecule has 0 bridgehead atoms. The summed E-state index contributed by atoms with van der Waals surface area (Å²) >= 11 is 0. The summed E-state index contributed by atoms with van der Waals surface area (Å²) in [5.74, 6) is 1.42. The van der Waals surface area contributed by atoms with Crippen LogP contribution in [0.2, 0.25) is 0 Å². The average Bonchev–Trinajstić information content (AvgIpc) is 2.26. The lowest BCUT2D eigenvalue weighted by Crippen LogP contribution is -2.27. The van der Waals surface area contributed by atoms with Crippen molar-refractivity contribution in [3.8, 4) is 12.3 Å². The highest BCUT2D eigenvalue weighted by atomic mass is 16.7. The van der Waals surface area contributed by atoms with E-state index in [0.717, 1.165) is 0 Å². The molecule has 0 fully saturated rings. The highest BCUT2D eigenvalue weighted by Gasteiger charge is 2.19. The van der Waals surface area contributed by atoms with Crippen molar-refractivity contribution in [2.24, 2.45) is 0 Å². The molecule has 0 saturated carbocycles. The first-order valence-electron chi connectivity index (χ1n) is 4.54. The summed E-state index contributed by atoms with van der Waals surface area (Å²) in [6, 6.07) is 0. The van der Waals surface area contributed by atoms with Crippen molar-refractivity contribution < 1.29 is 28.5 Å². The summed E-state index contributed by atoms with van der Waals surface area (Å²) in [4.78, 5) is 22.1. The molecule has 0 aliphatic rings. The number of hydrogen-bond donors (Lipinski definition) is 0. The van der Waals surface area contributed by atoms with Gasteiger partial charge >= 0.3 is 12.1 Å². The first-order valence-corrected chi connectivity index (χ1v) is 4.54. The molecule has 0 rings (SSSR count). The molecule has 0 saturated heterocycles. The molecule has 0 amide bonds. The third-order valence-corrected chi connectivity index (χ3v) is 1.41. The Hall–Kier alpha value is -1.74. The van der Waals surface area contributed by atoms with Crippen LogP contribution in [0.25, 0.3) is 0 Å². The van der Waals surface area contributed by atoms with Crippen LogP contribution in [-0.2, 0) is 23.7 Å². The molecule has 1 atom stereocenters. The van der Waals surface area contributed by atoms with Gasteiger partial charge in [-0.05, 0) is 6.92 Å². The second kappa shape index (κ2) is 8.56. The van der Waals surface area contributed by atoms with Crippen LogP contribution < -0.4 is 0 Å². The Kier molecular flexibility index (Phi) is 7.63. The lowest BCUT2D eigenvalue weighted by molar-refractivity contribution is -0.155. The molecule has 0 aromatic carbocycles. The van der Waals surface area contributed by atoms with Gasteiger partial charge in [-0.2, -0.15) is 0 Å². The zero-order chi connectivity index (χ0) is 12.4. The first-order chi connectivity index (χ1) is 7.61. The summed E-state index contributed by atoms with van der Waals surface area (Å²) in [5.41, 5.74) is 0. The average molecular weight is 230 g/mol. The largest absolute Gasteiger partial charge is 0.510 e. The minimum absolute atomic E-state index is 0.0996. The molecule has 16 heavy (non-hydrogen) atoms.